The first-order chi connectivity index (χ1) is 15.4. The SMILES string of the molecule is C#CCOc1ccc(C(CCCC(C)C)(CCC(C)C)c2ccc(OCC#C)cc2)cc1. The van der Waals surface area contributed by atoms with Crippen LogP contribution in [0.2, 0.25) is 0 Å². The van der Waals surface area contributed by atoms with Crippen LogP contribution in [0.3, 0.4) is 0 Å². The largest absolute Gasteiger partial charge is 0.481 e. The van der Waals surface area contributed by atoms with Crippen molar-refractivity contribution in [1.82, 2.24) is 0 Å². The van der Waals surface area contributed by atoms with E-state index in [1.165, 1.54) is 24.0 Å². The molecule has 170 valence electrons. The molecule has 0 amide bonds. The van der Waals surface area contributed by atoms with Crippen LogP contribution in [-0.2, 0) is 5.41 Å². The Bertz CT molecular complexity index is 815. The van der Waals surface area contributed by atoms with Crippen molar-refractivity contribution in [3.63, 3.8) is 0 Å². The smallest absolute Gasteiger partial charge is 0.148 e. The Morgan fingerprint density at radius 3 is 1.50 bits per heavy atom. The van der Waals surface area contributed by atoms with Gasteiger partial charge >= 0.3 is 0 Å². The molecule has 0 aliphatic heterocycles. The Labute approximate surface area is 195 Å². The number of terminal acetylenes is 2. The van der Waals surface area contributed by atoms with Crippen LogP contribution < -0.4 is 9.47 Å². The van der Waals surface area contributed by atoms with Crippen molar-refractivity contribution in [2.75, 3.05) is 13.2 Å². The Hall–Kier alpha value is -2.84. The average Bonchev–Trinajstić information content (AvgIpc) is 2.79. The van der Waals surface area contributed by atoms with E-state index < -0.39 is 0 Å². The monoisotopic (exact) mass is 430 g/mol. The van der Waals surface area contributed by atoms with Crippen LogP contribution in [0.1, 0.15) is 70.9 Å². The van der Waals surface area contributed by atoms with Gasteiger partial charge in [0.05, 0.1) is 0 Å². The Balaban J connectivity index is 2.47. The molecule has 2 nitrogen and oxygen atoms in total. The van der Waals surface area contributed by atoms with Crippen LogP contribution in [0.15, 0.2) is 48.5 Å². The van der Waals surface area contributed by atoms with E-state index in [0.29, 0.717) is 11.8 Å². The predicted octanol–water partition coefficient (Wildman–Crippen LogP) is 7.26. The first-order valence-corrected chi connectivity index (χ1v) is 11.7. The molecule has 0 N–H and O–H groups in total. The standard InChI is InChI=1S/C30H38O2/c1-7-22-31-28-15-11-26(12-16-28)30(21-19-25(5)6,20-9-10-24(3)4)27-13-17-29(18-14-27)32-23-8-2/h1-2,11-18,24-25H,9-10,19-23H2,3-6H3. The van der Waals surface area contributed by atoms with Crippen LogP contribution >= 0.6 is 0 Å². The highest BCUT2D eigenvalue weighted by Gasteiger charge is 2.34. The fraction of sp³-hybridized carbons (Fsp3) is 0.467. The second-order valence-electron chi connectivity index (χ2n) is 9.34. The highest BCUT2D eigenvalue weighted by Crippen LogP contribution is 2.43. The normalized spacial score (nSPS) is 11.2. The molecule has 0 radical (unpaired) electrons. The van der Waals surface area contributed by atoms with E-state index in [9.17, 15) is 0 Å². The second kappa shape index (κ2) is 12.9. The molecule has 0 fully saturated rings. The average molecular weight is 431 g/mol. The van der Waals surface area contributed by atoms with E-state index in [-0.39, 0.29) is 18.6 Å². The third-order valence-corrected chi connectivity index (χ3v) is 5.99. The summed E-state index contributed by atoms with van der Waals surface area (Å²) in [5, 5.41) is 0. The van der Waals surface area contributed by atoms with Crippen LogP contribution in [0.4, 0.5) is 0 Å². The molecule has 2 aromatic rings. The van der Waals surface area contributed by atoms with Crippen molar-refractivity contribution < 1.29 is 9.47 Å². The van der Waals surface area contributed by atoms with Crippen LogP contribution in [0, 0.1) is 36.5 Å². The summed E-state index contributed by atoms with van der Waals surface area (Å²) in [7, 11) is 0. The number of benzene rings is 2. The Morgan fingerprint density at radius 1 is 0.688 bits per heavy atom. The van der Waals surface area contributed by atoms with Gasteiger partial charge in [-0.3, -0.25) is 0 Å². The van der Waals surface area contributed by atoms with Crippen molar-refractivity contribution in [2.24, 2.45) is 11.8 Å². The van der Waals surface area contributed by atoms with E-state index in [1.54, 1.807) is 0 Å². The molecule has 0 atom stereocenters. The van der Waals surface area contributed by atoms with E-state index in [2.05, 4.69) is 63.8 Å². The molecule has 0 aromatic heterocycles. The zero-order valence-corrected chi connectivity index (χ0v) is 20.2. The van der Waals surface area contributed by atoms with Gasteiger partial charge < -0.3 is 9.47 Å². The number of hydrogen-bond acceptors (Lipinski definition) is 2. The fourth-order valence-corrected chi connectivity index (χ4v) is 4.21. The highest BCUT2D eigenvalue weighted by molar-refractivity contribution is 5.43. The summed E-state index contributed by atoms with van der Waals surface area (Å²) in [6.07, 6.45) is 16.4. The summed E-state index contributed by atoms with van der Waals surface area (Å²) in [6, 6.07) is 17.0. The lowest BCUT2D eigenvalue weighted by molar-refractivity contribution is 0.357. The summed E-state index contributed by atoms with van der Waals surface area (Å²) >= 11 is 0. The lowest BCUT2D eigenvalue weighted by Crippen LogP contribution is -2.29. The summed E-state index contributed by atoms with van der Waals surface area (Å²) < 4.78 is 11.2. The minimum absolute atomic E-state index is 0.0611. The quantitative estimate of drug-likeness (QED) is 0.311. The van der Waals surface area contributed by atoms with Gasteiger partial charge in [0, 0.05) is 5.41 Å². The fourth-order valence-electron chi connectivity index (χ4n) is 4.21. The molecule has 2 rings (SSSR count). The van der Waals surface area contributed by atoms with Gasteiger partial charge in [-0.1, -0.05) is 76.6 Å². The molecule has 0 saturated carbocycles. The van der Waals surface area contributed by atoms with E-state index in [1.807, 2.05) is 24.3 Å². The molecule has 0 unspecified atom stereocenters. The van der Waals surface area contributed by atoms with Gasteiger partial charge in [0.2, 0.25) is 0 Å². The summed E-state index contributed by atoms with van der Waals surface area (Å²) in [4.78, 5) is 0. The van der Waals surface area contributed by atoms with Crippen LogP contribution in [0.5, 0.6) is 11.5 Å². The van der Waals surface area contributed by atoms with Crippen LogP contribution in [-0.4, -0.2) is 13.2 Å². The van der Waals surface area contributed by atoms with Crippen molar-refractivity contribution in [3.05, 3.63) is 59.7 Å². The molecule has 32 heavy (non-hydrogen) atoms. The van der Waals surface area contributed by atoms with Gasteiger partial charge in [-0.15, -0.1) is 12.8 Å². The molecule has 2 heteroatoms. The molecule has 0 bridgehead atoms. The predicted molar refractivity (Wildman–Crippen MR) is 135 cm³/mol. The van der Waals surface area contributed by atoms with Gasteiger partial charge in [0.25, 0.3) is 0 Å². The van der Waals surface area contributed by atoms with Crippen molar-refractivity contribution in [1.29, 1.82) is 0 Å². The first-order valence-electron chi connectivity index (χ1n) is 11.7. The molecule has 0 heterocycles. The molecular weight excluding hydrogens is 392 g/mol. The molecule has 0 saturated heterocycles. The number of rotatable bonds is 13. The number of ether oxygens (including phenoxy) is 2. The second-order valence-corrected chi connectivity index (χ2v) is 9.34. The molecule has 0 aliphatic carbocycles. The third-order valence-electron chi connectivity index (χ3n) is 5.99. The summed E-state index contributed by atoms with van der Waals surface area (Å²) in [6.45, 7) is 9.76. The van der Waals surface area contributed by atoms with Gasteiger partial charge in [-0.2, -0.15) is 0 Å². The zero-order valence-electron chi connectivity index (χ0n) is 20.2. The van der Waals surface area contributed by atoms with E-state index in [0.717, 1.165) is 30.8 Å². The van der Waals surface area contributed by atoms with Gasteiger partial charge in [-0.05, 0) is 66.5 Å². The maximum atomic E-state index is 5.62. The summed E-state index contributed by atoms with van der Waals surface area (Å²) in [5.41, 5.74) is 2.59. The third kappa shape index (κ3) is 7.39. The zero-order chi connectivity index (χ0) is 23.4. The van der Waals surface area contributed by atoms with Crippen molar-refractivity contribution in [2.45, 2.75) is 65.2 Å². The molecular formula is C30H38O2. The topological polar surface area (TPSA) is 18.5 Å². The van der Waals surface area contributed by atoms with Crippen molar-refractivity contribution in [3.8, 4) is 36.2 Å². The lowest BCUT2D eigenvalue weighted by atomic mass is 9.67. The van der Waals surface area contributed by atoms with Gasteiger partial charge in [0.1, 0.15) is 24.7 Å². The molecule has 2 aromatic carbocycles. The number of hydrogen-bond donors (Lipinski definition) is 0. The highest BCUT2D eigenvalue weighted by atomic mass is 16.5. The van der Waals surface area contributed by atoms with Gasteiger partial charge in [0.15, 0.2) is 0 Å². The summed E-state index contributed by atoms with van der Waals surface area (Å²) in [5.74, 6) is 8.01. The van der Waals surface area contributed by atoms with Gasteiger partial charge in [-0.25, -0.2) is 0 Å². The van der Waals surface area contributed by atoms with E-state index in [4.69, 9.17) is 22.3 Å². The Kier molecular flexibility index (Phi) is 10.2. The minimum atomic E-state index is -0.0611. The lowest BCUT2D eigenvalue weighted by Gasteiger charge is -2.37. The minimum Gasteiger partial charge on any atom is -0.481 e. The van der Waals surface area contributed by atoms with Crippen LogP contribution in [0.25, 0.3) is 0 Å². The molecule has 0 spiro atoms. The Morgan fingerprint density at radius 2 is 1.12 bits per heavy atom. The van der Waals surface area contributed by atoms with E-state index >= 15 is 0 Å². The van der Waals surface area contributed by atoms with Crippen molar-refractivity contribution >= 4 is 0 Å². The molecule has 0 aliphatic rings. The maximum Gasteiger partial charge on any atom is 0.148 e. The maximum absolute atomic E-state index is 5.62. The first kappa shape index (κ1) is 25.4.